The molecule has 1 saturated heterocycles. The SMILES string of the molecule is O=C(O)CCN(CC1CCCO1)C(=O)C=Cc1ccc2c(c1)OCO2. The van der Waals surface area contributed by atoms with Crippen molar-refractivity contribution in [2.24, 2.45) is 0 Å². The number of fused-ring (bicyclic) bond motifs is 1. The maximum Gasteiger partial charge on any atom is 0.305 e. The van der Waals surface area contributed by atoms with Crippen LogP contribution in [0.15, 0.2) is 24.3 Å². The van der Waals surface area contributed by atoms with Crippen molar-refractivity contribution in [3.63, 3.8) is 0 Å². The minimum Gasteiger partial charge on any atom is -0.481 e. The van der Waals surface area contributed by atoms with Crippen LogP contribution in [0.2, 0.25) is 0 Å². The van der Waals surface area contributed by atoms with Crippen LogP contribution in [0.4, 0.5) is 0 Å². The van der Waals surface area contributed by atoms with E-state index >= 15 is 0 Å². The third-order valence-electron chi connectivity index (χ3n) is 4.17. The van der Waals surface area contributed by atoms with E-state index in [1.165, 1.54) is 11.0 Å². The summed E-state index contributed by atoms with van der Waals surface area (Å²) in [4.78, 5) is 24.9. The number of carbonyl (C=O) groups excluding carboxylic acids is 1. The highest BCUT2D eigenvalue weighted by molar-refractivity contribution is 5.92. The number of carboxylic acid groups (broad SMARTS) is 1. The maximum atomic E-state index is 12.5. The van der Waals surface area contributed by atoms with Crippen LogP contribution in [-0.4, -0.2) is 54.5 Å². The number of rotatable bonds is 7. The summed E-state index contributed by atoms with van der Waals surface area (Å²) in [6, 6.07) is 5.42. The van der Waals surface area contributed by atoms with E-state index in [-0.39, 0.29) is 31.8 Å². The summed E-state index contributed by atoms with van der Waals surface area (Å²) in [6.45, 7) is 1.47. The zero-order valence-corrected chi connectivity index (χ0v) is 13.8. The van der Waals surface area contributed by atoms with Gasteiger partial charge in [0.05, 0.1) is 12.5 Å². The first kappa shape index (κ1) is 17.3. The van der Waals surface area contributed by atoms with Crippen molar-refractivity contribution in [2.75, 3.05) is 26.5 Å². The van der Waals surface area contributed by atoms with Gasteiger partial charge in [0.25, 0.3) is 0 Å². The molecule has 2 aliphatic heterocycles. The second-order valence-corrected chi connectivity index (χ2v) is 6.01. The average molecular weight is 347 g/mol. The molecule has 0 saturated carbocycles. The van der Waals surface area contributed by atoms with Gasteiger partial charge in [0.1, 0.15) is 0 Å². The van der Waals surface area contributed by atoms with E-state index in [2.05, 4.69) is 0 Å². The molecule has 2 heterocycles. The van der Waals surface area contributed by atoms with Crippen molar-refractivity contribution in [3.05, 3.63) is 29.8 Å². The highest BCUT2D eigenvalue weighted by atomic mass is 16.7. The van der Waals surface area contributed by atoms with Crippen molar-refractivity contribution in [2.45, 2.75) is 25.4 Å². The van der Waals surface area contributed by atoms with Gasteiger partial charge in [-0.15, -0.1) is 0 Å². The van der Waals surface area contributed by atoms with Crippen molar-refractivity contribution in [1.82, 2.24) is 4.90 Å². The molecule has 2 aliphatic rings. The summed E-state index contributed by atoms with van der Waals surface area (Å²) in [6.07, 6.45) is 4.90. The van der Waals surface area contributed by atoms with E-state index in [0.717, 1.165) is 18.4 Å². The van der Waals surface area contributed by atoms with E-state index in [9.17, 15) is 9.59 Å². The quantitative estimate of drug-likeness (QED) is 0.759. The Kier molecular flexibility index (Phi) is 5.55. The molecule has 0 aliphatic carbocycles. The number of amides is 1. The lowest BCUT2D eigenvalue weighted by molar-refractivity contribution is -0.138. The van der Waals surface area contributed by atoms with Crippen LogP contribution in [0.1, 0.15) is 24.8 Å². The Labute approximate surface area is 145 Å². The Morgan fingerprint density at radius 3 is 2.88 bits per heavy atom. The van der Waals surface area contributed by atoms with Gasteiger partial charge in [-0.05, 0) is 36.6 Å². The zero-order chi connectivity index (χ0) is 17.6. The third kappa shape index (κ3) is 4.73. The molecule has 25 heavy (non-hydrogen) atoms. The summed E-state index contributed by atoms with van der Waals surface area (Å²) in [5, 5.41) is 8.89. The van der Waals surface area contributed by atoms with Crippen LogP contribution < -0.4 is 9.47 Å². The van der Waals surface area contributed by atoms with Gasteiger partial charge in [0.2, 0.25) is 12.7 Å². The Morgan fingerprint density at radius 1 is 1.28 bits per heavy atom. The van der Waals surface area contributed by atoms with Gasteiger partial charge in [0, 0.05) is 25.8 Å². The average Bonchev–Trinajstić information content (AvgIpc) is 3.27. The van der Waals surface area contributed by atoms with Gasteiger partial charge >= 0.3 is 5.97 Å². The number of hydrogen-bond donors (Lipinski definition) is 1. The topological polar surface area (TPSA) is 85.3 Å². The Balaban J connectivity index is 1.64. The van der Waals surface area contributed by atoms with Crippen LogP contribution in [0.5, 0.6) is 11.5 Å². The molecule has 0 spiro atoms. The number of benzene rings is 1. The molecule has 1 N–H and O–H groups in total. The van der Waals surface area contributed by atoms with Crippen LogP contribution in [0, 0.1) is 0 Å². The third-order valence-corrected chi connectivity index (χ3v) is 4.17. The molecule has 1 unspecified atom stereocenters. The number of ether oxygens (including phenoxy) is 3. The largest absolute Gasteiger partial charge is 0.481 e. The molecule has 3 rings (SSSR count). The number of aliphatic carboxylic acids is 1. The lowest BCUT2D eigenvalue weighted by Gasteiger charge is -2.23. The minimum atomic E-state index is -0.926. The number of carboxylic acids is 1. The highest BCUT2D eigenvalue weighted by Crippen LogP contribution is 2.32. The molecular formula is C18H21NO6. The van der Waals surface area contributed by atoms with Gasteiger partial charge in [-0.3, -0.25) is 9.59 Å². The first-order valence-electron chi connectivity index (χ1n) is 8.32. The monoisotopic (exact) mass is 347 g/mol. The Bertz CT molecular complexity index is 666. The fourth-order valence-electron chi connectivity index (χ4n) is 2.85. The van der Waals surface area contributed by atoms with Crippen molar-refractivity contribution in [3.8, 4) is 11.5 Å². The van der Waals surface area contributed by atoms with E-state index in [1.54, 1.807) is 18.2 Å². The second-order valence-electron chi connectivity index (χ2n) is 6.01. The van der Waals surface area contributed by atoms with Crippen LogP contribution >= 0.6 is 0 Å². The van der Waals surface area contributed by atoms with Crippen molar-refractivity contribution >= 4 is 18.0 Å². The number of carbonyl (C=O) groups is 2. The van der Waals surface area contributed by atoms with Crippen molar-refractivity contribution < 1.29 is 28.9 Å². The summed E-state index contributed by atoms with van der Waals surface area (Å²) in [7, 11) is 0. The van der Waals surface area contributed by atoms with Gasteiger partial charge < -0.3 is 24.2 Å². The van der Waals surface area contributed by atoms with E-state index in [1.807, 2.05) is 6.07 Å². The summed E-state index contributed by atoms with van der Waals surface area (Å²) in [5.41, 5.74) is 0.813. The van der Waals surface area contributed by atoms with Crippen molar-refractivity contribution in [1.29, 1.82) is 0 Å². The van der Waals surface area contributed by atoms with Crippen LogP contribution in [0.25, 0.3) is 6.08 Å². The van der Waals surface area contributed by atoms with E-state index < -0.39 is 5.97 Å². The molecule has 0 radical (unpaired) electrons. The molecule has 1 aromatic rings. The lowest BCUT2D eigenvalue weighted by Crippen LogP contribution is -2.37. The number of nitrogens with zero attached hydrogens (tertiary/aromatic N) is 1. The fourth-order valence-corrected chi connectivity index (χ4v) is 2.85. The predicted molar refractivity (Wildman–Crippen MR) is 89.4 cm³/mol. The Hall–Kier alpha value is -2.54. The van der Waals surface area contributed by atoms with Gasteiger partial charge in [-0.1, -0.05) is 6.07 Å². The highest BCUT2D eigenvalue weighted by Gasteiger charge is 2.22. The molecule has 134 valence electrons. The lowest BCUT2D eigenvalue weighted by atomic mass is 10.1. The van der Waals surface area contributed by atoms with Gasteiger partial charge in [-0.25, -0.2) is 0 Å². The number of hydrogen-bond acceptors (Lipinski definition) is 5. The molecule has 7 heteroatoms. The first-order valence-corrected chi connectivity index (χ1v) is 8.32. The molecule has 0 aromatic heterocycles. The molecule has 1 amide bonds. The summed E-state index contributed by atoms with van der Waals surface area (Å²) >= 11 is 0. The minimum absolute atomic E-state index is 0.0170. The normalized spacial score (nSPS) is 18.6. The summed E-state index contributed by atoms with van der Waals surface area (Å²) in [5.74, 6) is 0.181. The Morgan fingerprint density at radius 2 is 2.12 bits per heavy atom. The smallest absolute Gasteiger partial charge is 0.305 e. The molecule has 1 fully saturated rings. The second kappa shape index (κ2) is 8.02. The zero-order valence-electron chi connectivity index (χ0n) is 13.8. The van der Waals surface area contributed by atoms with E-state index in [4.69, 9.17) is 19.3 Å². The predicted octanol–water partition coefficient (Wildman–Crippen LogP) is 1.91. The molecule has 1 atom stereocenters. The fraction of sp³-hybridized carbons (Fsp3) is 0.444. The molecule has 1 aromatic carbocycles. The maximum absolute atomic E-state index is 12.5. The van der Waals surface area contributed by atoms with Crippen LogP contribution in [0.3, 0.4) is 0 Å². The molecule has 7 nitrogen and oxygen atoms in total. The van der Waals surface area contributed by atoms with E-state index in [0.29, 0.717) is 24.7 Å². The molecule has 0 bridgehead atoms. The van der Waals surface area contributed by atoms with Gasteiger partial charge in [-0.2, -0.15) is 0 Å². The standard InChI is InChI=1S/C18H21NO6/c20-17(6-4-13-3-5-15-16(10-13)25-12-24-15)19(8-7-18(21)22)11-14-2-1-9-23-14/h3-6,10,14H,1-2,7-9,11-12H2,(H,21,22). The van der Waals surface area contributed by atoms with Gasteiger partial charge in [0.15, 0.2) is 11.5 Å². The summed E-state index contributed by atoms with van der Waals surface area (Å²) < 4.78 is 16.1. The first-order chi connectivity index (χ1) is 12.1. The van der Waals surface area contributed by atoms with Crippen LogP contribution in [-0.2, 0) is 14.3 Å². The molecular weight excluding hydrogens is 326 g/mol.